The summed E-state index contributed by atoms with van der Waals surface area (Å²) in [6.07, 6.45) is 8.25. The summed E-state index contributed by atoms with van der Waals surface area (Å²) in [5, 5.41) is 0. The molecule has 0 heterocycles. The minimum absolute atomic E-state index is 0.683. The first kappa shape index (κ1) is 10.5. The maximum Gasteiger partial charge on any atom is -0.0165 e. The molecule has 0 nitrogen and oxygen atoms in total. The van der Waals surface area contributed by atoms with Crippen molar-refractivity contribution in [2.45, 2.75) is 40.0 Å². The molecule has 0 bridgehead atoms. The fraction of sp³-hybridized carbons (Fsp3) is 0.467. The zero-order valence-corrected chi connectivity index (χ0v) is 10.1. The van der Waals surface area contributed by atoms with Crippen LogP contribution >= 0.6 is 0 Å². The van der Waals surface area contributed by atoms with Crippen LogP contribution in [0.25, 0.3) is 0 Å². The Morgan fingerprint density at radius 1 is 1.33 bits per heavy atom. The highest BCUT2D eigenvalue weighted by molar-refractivity contribution is 5.55. The quantitative estimate of drug-likeness (QED) is 0.544. The second-order valence-corrected chi connectivity index (χ2v) is 4.97. The minimum Gasteiger partial charge on any atom is -0.0998 e. The molecule has 0 fully saturated rings. The lowest BCUT2D eigenvalue weighted by molar-refractivity contribution is 0.568. The van der Waals surface area contributed by atoms with Gasteiger partial charge in [-0.1, -0.05) is 29.9 Å². The average Bonchev–Trinajstić information content (AvgIpc) is 2.43. The van der Waals surface area contributed by atoms with Gasteiger partial charge in [0.25, 0.3) is 0 Å². The number of allylic oxidation sites excluding steroid dienone is 7. The Morgan fingerprint density at radius 2 is 2.07 bits per heavy atom. The van der Waals surface area contributed by atoms with Crippen molar-refractivity contribution < 1.29 is 0 Å². The van der Waals surface area contributed by atoms with E-state index in [0.29, 0.717) is 5.92 Å². The molecule has 0 N–H and O–H groups in total. The van der Waals surface area contributed by atoms with Crippen molar-refractivity contribution in [2.24, 2.45) is 5.92 Å². The zero-order valence-electron chi connectivity index (χ0n) is 10.1. The highest BCUT2D eigenvalue weighted by Gasteiger charge is 2.22. The van der Waals surface area contributed by atoms with Gasteiger partial charge in [-0.15, -0.1) is 0 Å². The molecule has 1 atom stereocenters. The van der Waals surface area contributed by atoms with Crippen LogP contribution in [-0.4, -0.2) is 0 Å². The maximum atomic E-state index is 4.12. The first-order chi connectivity index (χ1) is 7.09. The van der Waals surface area contributed by atoms with Crippen LogP contribution in [0.2, 0.25) is 0 Å². The summed E-state index contributed by atoms with van der Waals surface area (Å²) < 4.78 is 0. The van der Waals surface area contributed by atoms with Crippen LogP contribution in [0.4, 0.5) is 0 Å². The molecule has 0 aliphatic heterocycles. The van der Waals surface area contributed by atoms with Gasteiger partial charge < -0.3 is 0 Å². The Bertz CT molecular complexity index is 388. The summed E-state index contributed by atoms with van der Waals surface area (Å²) in [5.41, 5.74) is 7.44. The van der Waals surface area contributed by atoms with Crippen molar-refractivity contribution in [1.82, 2.24) is 0 Å². The van der Waals surface area contributed by atoms with E-state index in [1.807, 2.05) is 0 Å². The van der Waals surface area contributed by atoms with E-state index in [1.54, 1.807) is 11.1 Å². The Labute approximate surface area is 93.1 Å². The molecular formula is C15H20. The smallest absolute Gasteiger partial charge is 0.0165 e. The molecule has 80 valence electrons. The van der Waals surface area contributed by atoms with Crippen LogP contribution in [-0.2, 0) is 0 Å². The molecular weight excluding hydrogens is 180 g/mol. The van der Waals surface area contributed by atoms with Gasteiger partial charge in [0.15, 0.2) is 0 Å². The first-order valence-electron chi connectivity index (χ1n) is 5.83. The van der Waals surface area contributed by atoms with Gasteiger partial charge in [0.1, 0.15) is 0 Å². The molecule has 0 aromatic heterocycles. The van der Waals surface area contributed by atoms with Crippen molar-refractivity contribution in [3.8, 4) is 0 Å². The molecule has 0 aromatic carbocycles. The topological polar surface area (TPSA) is 0 Å². The van der Waals surface area contributed by atoms with E-state index >= 15 is 0 Å². The van der Waals surface area contributed by atoms with Gasteiger partial charge in [0.05, 0.1) is 0 Å². The van der Waals surface area contributed by atoms with E-state index in [0.717, 1.165) is 0 Å². The molecule has 0 amide bonds. The van der Waals surface area contributed by atoms with Crippen LogP contribution in [0, 0.1) is 5.92 Å². The number of fused-ring (bicyclic) bond motifs is 1. The Balaban J connectivity index is 2.35. The van der Waals surface area contributed by atoms with E-state index in [9.17, 15) is 0 Å². The monoisotopic (exact) mass is 200 g/mol. The molecule has 0 aromatic rings. The minimum atomic E-state index is 0.683. The van der Waals surface area contributed by atoms with Crippen LogP contribution in [0.5, 0.6) is 0 Å². The third kappa shape index (κ3) is 1.86. The second kappa shape index (κ2) is 3.84. The fourth-order valence-corrected chi connectivity index (χ4v) is 2.59. The van der Waals surface area contributed by atoms with Crippen molar-refractivity contribution in [2.75, 3.05) is 0 Å². The predicted molar refractivity (Wildman–Crippen MR) is 66.7 cm³/mol. The van der Waals surface area contributed by atoms with Gasteiger partial charge in [-0.25, -0.2) is 0 Å². The summed E-state index contributed by atoms with van der Waals surface area (Å²) in [6, 6.07) is 0. The summed E-state index contributed by atoms with van der Waals surface area (Å²) in [7, 11) is 0. The predicted octanol–water partition coefficient (Wildman–Crippen LogP) is 4.57. The van der Waals surface area contributed by atoms with Crippen LogP contribution in [0.1, 0.15) is 40.0 Å². The van der Waals surface area contributed by atoms with Crippen LogP contribution in [0.15, 0.2) is 46.6 Å². The fourth-order valence-electron chi connectivity index (χ4n) is 2.59. The van der Waals surface area contributed by atoms with Gasteiger partial charge in [0, 0.05) is 0 Å². The van der Waals surface area contributed by atoms with Gasteiger partial charge in [-0.05, 0) is 62.7 Å². The molecule has 0 heteroatoms. The molecule has 2 aliphatic rings. The van der Waals surface area contributed by atoms with Crippen LogP contribution in [0.3, 0.4) is 0 Å². The molecule has 0 saturated heterocycles. The number of hydrogen-bond acceptors (Lipinski definition) is 0. The van der Waals surface area contributed by atoms with E-state index in [-0.39, 0.29) is 0 Å². The highest BCUT2D eigenvalue weighted by Crippen LogP contribution is 2.39. The lowest BCUT2D eigenvalue weighted by Gasteiger charge is -2.15. The largest absolute Gasteiger partial charge is 0.0998 e. The maximum absolute atomic E-state index is 4.12. The van der Waals surface area contributed by atoms with E-state index in [1.165, 1.54) is 36.0 Å². The number of hydrogen-bond donors (Lipinski definition) is 0. The molecule has 2 aliphatic carbocycles. The van der Waals surface area contributed by atoms with Crippen molar-refractivity contribution in [3.63, 3.8) is 0 Å². The van der Waals surface area contributed by atoms with E-state index in [2.05, 4.69) is 39.5 Å². The Hall–Kier alpha value is -1.04. The third-order valence-corrected chi connectivity index (χ3v) is 3.78. The van der Waals surface area contributed by atoms with E-state index in [4.69, 9.17) is 0 Å². The zero-order chi connectivity index (χ0) is 11.0. The third-order valence-electron chi connectivity index (χ3n) is 3.78. The first-order valence-corrected chi connectivity index (χ1v) is 5.83. The Kier molecular flexibility index (Phi) is 2.68. The standard InChI is InChI=1S/C15H20/c1-10(2)13-7-5-11(3)14-8-6-12(4)15(14)9-13/h6,8,13H,1,5,7,9H2,2-4H3/t13-/m1/s1. The Morgan fingerprint density at radius 3 is 2.73 bits per heavy atom. The van der Waals surface area contributed by atoms with E-state index < -0.39 is 0 Å². The van der Waals surface area contributed by atoms with Gasteiger partial charge in [-0.3, -0.25) is 0 Å². The lowest BCUT2D eigenvalue weighted by Crippen LogP contribution is -2.01. The van der Waals surface area contributed by atoms with Crippen molar-refractivity contribution in [3.05, 3.63) is 46.6 Å². The van der Waals surface area contributed by atoms with Gasteiger partial charge in [0.2, 0.25) is 0 Å². The normalized spacial score (nSPS) is 25.7. The summed E-state index contributed by atoms with van der Waals surface area (Å²) in [6.45, 7) is 10.8. The molecule has 15 heavy (non-hydrogen) atoms. The molecule has 0 radical (unpaired) electrons. The average molecular weight is 200 g/mol. The SMILES string of the molecule is C=C(C)[C@@H]1CCC(C)=C2C=CC(C)=C2C1. The van der Waals surface area contributed by atoms with Crippen molar-refractivity contribution in [1.29, 1.82) is 0 Å². The molecule has 0 saturated carbocycles. The summed E-state index contributed by atoms with van der Waals surface area (Å²) in [4.78, 5) is 0. The lowest BCUT2D eigenvalue weighted by atomic mass is 9.90. The van der Waals surface area contributed by atoms with Gasteiger partial charge >= 0.3 is 0 Å². The number of rotatable bonds is 1. The summed E-state index contributed by atoms with van der Waals surface area (Å²) >= 11 is 0. The summed E-state index contributed by atoms with van der Waals surface area (Å²) in [5.74, 6) is 0.683. The molecule has 0 unspecified atom stereocenters. The molecule has 0 spiro atoms. The molecule has 2 rings (SSSR count). The van der Waals surface area contributed by atoms with Crippen LogP contribution < -0.4 is 0 Å². The second-order valence-electron chi connectivity index (χ2n) is 4.97. The highest BCUT2D eigenvalue weighted by atomic mass is 14.3. The van der Waals surface area contributed by atoms with Gasteiger partial charge in [-0.2, -0.15) is 0 Å². The van der Waals surface area contributed by atoms with Crippen molar-refractivity contribution >= 4 is 0 Å².